The summed E-state index contributed by atoms with van der Waals surface area (Å²) < 4.78 is 0. The first-order chi connectivity index (χ1) is 13.5. The Balaban J connectivity index is 1.48. The number of amides is 3. The molecule has 6 heteroatoms. The van der Waals surface area contributed by atoms with Gasteiger partial charge >= 0.3 is 0 Å². The molecule has 2 aliphatic heterocycles. The fraction of sp³-hybridized carbons (Fsp3) is 0.591. The summed E-state index contributed by atoms with van der Waals surface area (Å²) >= 11 is 0. The van der Waals surface area contributed by atoms with Crippen LogP contribution in [0.5, 0.6) is 0 Å². The first-order valence-electron chi connectivity index (χ1n) is 10.5. The summed E-state index contributed by atoms with van der Waals surface area (Å²) in [6.07, 6.45) is 6.75. The Morgan fingerprint density at radius 3 is 2.50 bits per heavy atom. The highest BCUT2D eigenvalue weighted by Gasteiger charge is 2.39. The summed E-state index contributed by atoms with van der Waals surface area (Å²) in [6.45, 7) is 3.94. The third-order valence-electron chi connectivity index (χ3n) is 6.43. The predicted octanol–water partition coefficient (Wildman–Crippen LogP) is 2.96. The third kappa shape index (κ3) is 3.64. The third-order valence-corrected chi connectivity index (χ3v) is 6.43. The number of benzene rings is 1. The largest absolute Gasteiger partial charge is 0.339 e. The van der Waals surface area contributed by atoms with Crippen molar-refractivity contribution in [3.63, 3.8) is 0 Å². The van der Waals surface area contributed by atoms with E-state index >= 15 is 0 Å². The minimum absolute atomic E-state index is 0.0130. The van der Waals surface area contributed by atoms with E-state index in [0.717, 1.165) is 57.2 Å². The van der Waals surface area contributed by atoms with E-state index in [0.29, 0.717) is 23.8 Å². The van der Waals surface area contributed by atoms with Gasteiger partial charge in [-0.15, -0.1) is 0 Å². The lowest BCUT2D eigenvalue weighted by Gasteiger charge is -2.24. The van der Waals surface area contributed by atoms with Gasteiger partial charge in [-0.3, -0.25) is 14.4 Å². The fourth-order valence-corrected chi connectivity index (χ4v) is 4.85. The highest BCUT2D eigenvalue weighted by atomic mass is 16.2. The molecule has 1 aliphatic carbocycles. The second kappa shape index (κ2) is 7.94. The molecular formula is C22H29N3O3. The maximum atomic E-state index is 13.0. The molecule has 6 nitrogen and oxygen atoms in total. The SMILES string of the molecule is Cc1cccc(NC(=O)C2CC(=O)N(C3CCCC3)C2)c1C(=O)N1CCCC1. The van der Waals surface area contributed by atoms with Crippen molar-refractivity contribution < 1.29 is 14.4 Å². The Kier molecular flexibility index (Phi) is 5.38. The Labute approximate surface area is 166 Å². The summed E-state index contributed by atoms with van der Waals surface area (Å²) in [4.78, 5) is 42.1. The number of carbonyl (C=O) groups excluding carboxylic acids is 3. The highest BCUT2D eigenvalue weighted by Crippen LogP contribution is 2.31. The maximum Gasteiger partial charge on any atom is 0.256 e. The lowest BCUT2D eigenvalue weighted by atomic mass is 10.0. The van der Waals surface area contributed by atoms with E-state index in [9.17, 15) is 14.4 Å². The monoisotopic (exact) mass is 383 g/mol. The van der Waals surface area contributed by atoms with Crippen molar-refractivity contribution in [3.8, 4) is 0 Å². The minimum Gasteiger partial charge on any atom is -0.339 e. The molecular weight excluding hydrogens is 354 g/mol. The number of likely N-dealkylation sites (tertiary alicyclic amines) is 2. The van der Waals surface area contributed by atoms with E-state index in [1.54, 1.807) is 6.07 Å². The van der Waals surface area contributed by atoms with Gasteiger partial charge in [0.2, 0.25) is 11.8 Å². The summed E-state index contributed by atoms with van der Waals surface area (Å²) in [7, 11) is 0. The molecule has 0 radical (unpaired) electrons. The average Bonchev–Trinajstić information content (AvgIpc) is 3.43. The van der Waals surface area contributed by atoms with Crippen molar-refractivity contribution >= 4 is 23.4 Å². The number of aryl methyl sites for hydroxylation is 1. The van der Waals surface area contributed by atoms with Crippen molar-refractivity contribution in [2.45, 2.75) is 57.9 Å². The van der Waals surface area contributed by atoms with Gasteiger partial charge in [0.15, 0.2) is 0 Å². The molecule has 2 heterocycles. The Morgan fingerprint density at radius 1 is 1.07 bits per heavy atom. The Hall–Kier alpha value is -2.37. The molecule has 1 atom stereocenters. The summed E-state index contributed by atoms with van der Waals surface area (Å²) in [5, 5.41) is 2.96. The zero-order chi connectivity index (χ0) is 19.7. The predicted molar refractivity (Wildman–Crippen MR) is 107 cm³/mol. The van der Waals surface area contributed by atoms with Crippen molar-refractivity contribution in [1.29, 1.82) is 0 Å². The van der Waals surface area contributed by atoms with Crippen LogP contribution in [0.1, 0.15) is 60.9 Å². The molecule has 3 amide bonds. The summed E-state index contributed by atoms with van der Waals surface area (Å²) in [5.74, 6) is -0.427. The van der Waals surface area contributed by atoms with Gasteiger partial charge in [-0.2, -0.15) is 0 Å². The van der Waals surface area contributed by atoms with E-state index in [2.05, 4.69) is 5.32 Å². The van der Waals surface area contributed by atoms with Crippen LogP contribution >= 0.6 is 0 Å². The fourth-order valence-electron chi connectivity index (χ4n) is 4.85. The van der Waals surface area contributed by atoms with Crippen LogP contribution in [0.25, 0.3) is 0 Å². The van der Waals surface area contributed by atoms with Gasteiger partial charge in [0.1, 0.15) is 0 Å². The normalized spacial score (nSPS) is 22.9. The highest BCUT2D eigenvalue weighted by molar-refractivity contribution is 6.06. The molecule has 28 heavy (non-hydrogen) atoms. The standard InChI is InChI=1S/C22H29N3O3/c1-15-7-6-10-18(20(15)22(28)24-11-4-5-12-24)23-21(27)16-13-19(26)25(14-16)17-8-2-3-9-17/h6-7,10,16-17H,2-5,8-9,11-14H2,1H3,(H,23,27). The van der Waals surface area contributed by atoms with Crippen LogP contribution in [0.2, 0.25) is 0 Å². The minimum atomic E-state index is -0.344. The zero-order valence-electron chi connectivity index (χ0n) is 16.6. The first kappa shape index (κ1) is 19.0. The van der Waals surface area contributed by atoms with Gasteiger partial charge in [0.25, 0.3) is 5.91 Å². The van der Waals surface area contributed by atoms with Crippen LogP contribution in [-0.2, 0) is 9.59 Å². The lowest BCUT2D eigenvalue weighted by molar-refractivity contribution is -0.129. The van der Waals surface area contributed by atoms with E-state index in [-0.39, 0.29) is 30.1 Å². The number of hydrogen-bond acceptors (Lipinski definition) is 3. The molecule has 0 aromatic heterocycles. The quantitative estimate of drug-likeness (QED) is 0.869. The number of rotatable bonds is 4. The lowest BCUT2D eigenvalue weighted by Crippen LogP contribution is -2.35. The number of carbonyl (C=O) groups is 3. The molecule has 1 aromatic carbocycles. The topological polar surface area (TPSA) is 69.7 Å². The van der Waals surface area contributed by atoms with Crippen LogP contribution in [0.3, 0.4) is 0 Å². The van der Waals surface area contributed by atoms with Gasteiger partial charge in [0.05, 0.1) is 17.2 Å². The second-order valence-corrected chi connectivity index (χ2v) is 8.37. The average molecular weight is 383 g/mol. The number of hydrogen-bond donors (Lipinski definition) is 1. The van der Waals surface area contributed by atoms with Crippen molar-refractivity contribution in [3.05, 3.63) is 29.3 Å². The van der Waals surface area contributed by atoms with E-state index in [1.165, 1.54) is 0 Å². The number of anilines is 1. The smallest absolute Gasteiger partial charge is 0.256 e. The van der Waals surface area contributed by atoms with E-state index in [4.69, 9.17) is 0 Å². The van der Waals surface area contributed by atoms with Gasteiger partial charge in [-0.25, -0.2) is 0 Å². The molecule has 0 spiro atoms. The van der Waals surface area contributed by atoms with Gasteiger partial charge < -0.3 is 15.1 Å². The molecule has 150 valence electrons. The molecule has 4 rings (SSSR count). The van der Waals surface area contributed by atoms with Crippen molar-refractivity contribution in [1.82, 2.24) is 9.80 Å². The van der Waals surface area contributed by atoms with Crippen LogP contribution in [0.4, 0.5) is 5.69 Å². The Bertz CT molecular complexity index is 779. The first-order valence-corrected chi connectivity index (χ1v) is 10.5. The van der Waals surface area contributed by atoms with Crippen LogP contribution in [-0.4, -0.2) is 53.2 Å². The van der Waals surface area contributed by atoms with E-state index in [1.807, 2.05) is 28.9 Å². The van der Waals surface area contributed by atoms with Gasteiger partial charge in [-0.05, 0) is 44.2 Å². The molecule has 3 fully saturated rings. The molecule has 3 aliphatic rings. The number of nitrogens with one attached hydrogen (secondary N) is 1. The van der Waals surface area contributed by atoms with Crippen molar-refractivity contribution in [2.24, 2.45) is 5.92 Å². The summed E-state index contributed by atoms with van der Waals surface area (Å²) in [6, 6.07) is 5.85. The molecule has 1 aromatic rings. The second-order valence-electron chi connectivity index (χ2n) is 8.37. The van der Waals surface area contributed by atoms with E-state index < -0.39 is 0 Å². The molecule has 2 saturated heterocycles. The zero-order valence-corrected chi connectivity index (χ0v) is 16.6. The molecule has 1 unspecified atom stereocenters. The van der Waals surface area contributed by atoms with Crippen LogP contribution in [0.15, 0.2) is 18.2 Å². The van der Waals surface area contributed by atoms with Gasteiger partial charge in [0, 0.05) is 32.1 Å². The van der Waals surface area contributed by atoms with Gasteiger partial charge in [-0.1, -0.05) is 25.0 Å². The molecule has 1 N–H and O–H groups in total. The maximum absolute atomic E-state index is 13.0. The Morgan fingerprint density at radius 2 is 1.79 bits per heavy atom. The summed E-state index contributed by atoms with van der Waals surface area (Å²) in [5.41, 5.74) is 2.01. The number of nitrogens with zero attached hydrogens (tertiary/aromatic N) is 2. The van der Waals surface area contributed by atoms with Crippen molar-refractivity contribution in [2.75, 3.05) is 25.0 Å². The molecule has 0 bridgehead atoms. The van der Waals surface area contributed by atoms with Crippen LogP contribution < -0.4 is 5.32 Å². The van der Waals surface area contributed by atoms with Crippen LogP contribution in [0, 0.1) is 12.8 Å². The molecule has 1 saturated carbocycles.